The molecule has 0 spiro atoms. The number of carbonyl (C=O) groups is 2. The molecule has 0 aliphatic carbocycles. The van der Waals surface area contributed by atoms with Gasteiger partial charge in [-0.25, -0.2) is 4.79 Å². The fraction of sp³-hybridized carbons (Fsp3) is 0.176. The minimum atomic E-state index is -0.397. The number of amides is 1. The van der Waals surface area contributed by atoms with Crippen LogP contribution < -0.4 is 5.32 Å². The number of ether oxygens (including phenoxy) is 1. The summed E-state index contributed by atoms with van der Waals surface area (Å²) in [4.78, 5) is 26.9. The van der Waals surface area contributed by atoms with E-state index in [4.69, 9.17) is 4.74 Å². The van der Waals surface area contributed by atoms with Crippen LogP contribution in [-0.2, 0) is 9.53 Å². The molecule has 1 aliphatic rings. The molecule has 112 valence electrons. The summed E-state index contributed by atoms with van der Waals surface area (Å²) in [5.74, 6) is -0.542. The van der Waals surface area contributed by atoms with E-state index in [1.54, 1.807) is 19.1 Å². The summed E-state index contributed by atoms with van der Waals surface area (Å²) in [6, 6.07) is 9.24. The monoisotopic (exact) mass is 296 g/mol. The molecule has 1 aliphatic heterocycles. The van der Waals surface area contributed by atoms with Crippen molar-refractivity contribution >= 4 is 29.2 Å². The molecule has 1 aromatic heterocycles. The van der Waals surface area contributed by atoms with Gasteiger partial charge in [0.2, 0.25) is 0 Å². The summed E-state index contributed by atoms with van der Waals surface area (Å²) >= 11 is 0. The van der Waals surface area contributed by atoms with Crippen molar-refractivity contribution in [3.8, 4) is 0 Å². The highest BCUT2D eigenvalue weighted by Crippen LogP contribution is 2.33. The van der Waals surface area contributed by atoms with Gasteiger partial charge in [-0.2, -0.15) is 0 Å². The molecule has 0 saturated carbocycles. The molecule has 0 radical (unpaired) electrons. The summed E-state index contributed by atoms with van der Waals surface area (Å²) in [5.41, 5.74) is 4.24. The van der Waals surface area contributed by atoms with E-state index in [0.29, 0.717) is 17.9 Å². The van der Waals surface area contributed by atoms with Crippen molar-refractivity contribution in [1.82, 2.24) is 4.98 Å². The Hall–Kier alpha value is -2.82. The van der Waals surface area contributed by atoms with Crippen LogP contribution in [0.4, 0.5) is 5.69 Å². The minimum Gasteiger partial charge on any atom is -0.461 e. The third-order valence-electron chi connectivity index (χ3n) is 3.55. The third kappa shape index (κ3) is 2.41. The van der Waals surface area contributed by atoms with Gasteiger partial charge in [-0.1, -0.05) is 18.2 Å². The smallest absolute Gasteiger partial charge is 0.354 e. The van der Waals surface area contributed by atoms with Crippen LogP contribution in [0.1, 0.15) is 34.2 Å². The lowest BCUT2D eigenvalue weighted by atomic mass is 10.1. The maximum atomic E-state index is 12.1. The molecule has 2 aromatic rings. The molecular weight excluding hydrogens is 280 g/mol. The maximum absolute atomic E-state index is 12.1. The highest BCUT2D eigenvalue weighted by molar-refractivity contribution is 6.34. The van der Waals surface area contributed by atoms with Crippen molar-refractivity contribution in [3.63, 3.8) is 0 Å². The molecule has 22 heavy (non-hydrogen) atoms. The molecule has 2 N–H and O–H groups in total. The molecule has 2 heterocycles. The van der Waals surface area contributed by atoms with Crippen LogP contribution in [0.15, 0.2) is 30.3 Å². The number of hydrogen-bond acceptors (Lipinski definition) is 3. The number of aryl methyl sites for hydroxylation is 1. The molecule has 3 rings (SSSR count). The average molecular weight is 296 g/mol. The number of aromatic nitrogens is 1. The lowest BCUT2D eigenvalue weighted by Gasteiger charge is -1.99. The fourth-order valence-corrected chi connectivity index (χ4v) is 2.47. The molecular formula is C17H16N2O3. The lowest BCUT2D eigenvalue weighted by molar-refractivity contribution is -0.110. The Bertz CT molecular complexity index is 787. The van der Waals surface area contributed by atoms with Gasteiger partial charge in [0.15, 0.2) is 0 Å². The molecule has 0 atom stereocenters. The molecule has 5 nitrogen and oxygen atoms in total. The van der Waals surface area contributed by atoms with Crippen molar-refractivity contribution in [3.05, 3.63) is 52.8 Å². The number of anilines is 1. The number of aromatic amines is 1. The fourth-order valence-electron chi connectivity index (χ4n) is 2.47. The van der Waals surface area contributed by atoms with Gasteiger partial charge in [0.25, 0.3) is 5.91 Å². The quantitative estimate of drug-likeness (QED) is 0.675. The third-order valence-corrected chi connectivity index (χ3v) is 3.55. The Balaban J connectivity index is 1.99. The molecule has 0 saturated heterocycles. The summed E-state index contributed by atoms with van der Waals surface area (Å²) in [5, 5.41) is 2.82. The Kier molecular flexibility index (Phi) is 3.55. The first-order valence-corrected chi connectivity index (χ1v) is 7.09. The van der Waals surface area contributed by atoms with Crippen molar-refractivity contribution in [1.29, 1.82) is 0 Å². The number of para-hydroxylation sites is 1. The van der Waals surface area contributed by atoms with E-state index < -0.39 is 5.97 Å². The molecule has 0 bridgehead atoms. The summed E-state index contributed by atoms with van der Waals surface area (Å²) in [6.45, 7) is 3.96. The Morgan fingerprint density at radius 2 is 2.09 bits per heavy atom. The van der Waals surface area contributed by atoms with Gasteiger partial charge in [-0.05, 0) is 37.6 Å². The van der Waals surface area contributed by atoms with Gasteiger partial charge in [0.05, 0.1) is 12.2 Å². The van der Waals surface area contributed by atoms with Gasteiger partial charge < -0.3 is 15.0 Å². The lowest BCUT2D eigenvalue weighted by Crippen LogP contribution is -2.05. The predicted octanol–water partition coefficient (Wildman–Crippen LogP) is 2.99. The van der Waals surface area contributed by atoms with E-state index in [0.717, 1.165) is 22.5 Å². The van der Waals surface area contributed by atoms with E-state index in [1.807, 2.05) is 31.2 Å². The van der Waals surface area contributed by atoms with E-state index in [1.165, 1.54) is 0 Å². The largest absolute Gasteiger partial charge is 0.461 e. The Morgan fingerprint density at radius 3 is 2.86 bits per heavy atom. The first-order valence-electron chi connectivity index (χ1n) is 7.09. The van der Waals surface area contributed by atoms with Crippen LogP contribution in [0, 0.1) is 6.92 Å². The summed E-state index contributed by atoms with van der Waals surface area (Å²) < 4.78 is 4.97. The molecule has 5 heteroatoms. The average Bonchev–Trinajstić information content (AvgIpc) is 3.01. The van der Waals surface area contributed by atoms with Crippen LogP contribution in [0.25, 0.3) is 11.6 Å². The zero-order valence-corrected chi connectivity index (χ0v) is 12.4. The topological polar surface area (TPSA) is 71.2 Å². The maximum Gasteiger partial charge on any atom is 0.354 e. The first-order chi connectivity index (χ1) is 10.6. The second-order valence-corrected chi connectivity index (χ2v) is 5.06. The number of hydrogen-bond donors (Lipinski definition) is 2. The summed E-state index contributed by atoms with van der Waals surface area (Å²) in [7, 11) is 0. The number of nitrogens with one attached hydrogen (secondary N) is 2. The number of carbonyl (C=O) groups excluding carboxylic acids is 2. The minimum absolute atomic E-state index is 0.145. The van der Waals surface area contributed by atoms with Gasteiger partial charge >= 0.3 is 5.97 Å². The van der Waals surface area contributed by atoms with Crippen LogP contribution >= 0.6 is 0 Å². The zero-order valence-electron chi connectivity index (χ0n) is 12.4. The normalized spacial score (nSPS) is 14.8. The van der Waals surface area contributed by atoms with E-state index in [-0.39, 0.29) is 5.91 Å². The second-order valence-electron chi connectivity index (χ2n) is 5.06. The molecule has 1 aromatic carbocycles. The van der Waals surface area contributed by atoms with E-state index in [2.05, 4.69) is 10.3 Å². The van der Waals surface area contributed by atoms with Crippen LogP contribution in [0.5, 0.6) is 0 Å². The van der Waals surface area contributed by atoms with Crippen molar-refractivity contribution < 1.29 is 14.3 Å². The standard InChI is InChI=1S/C17H16N2O3/c1-3-22-17(21)15-8-10(2)14(18-15)9-12-11-6-4-5-7-13(11)19-16(12)20/h4-9,18H,3H2,1-2H3,(H,19,20)/b12-9-. The molecule has 0 fully saturated rings. The second kappa shape index (κ2) is 5.52. The number of benzene rings is 1. The predicted molar refractivity (Wildman–Crippen MR) is 84.4 cm³/mol. The highest BCUT2D eigenvalue weighted by atomic mass is 16.5. The van der Waals surface area contributed by atoms with E-state index >= 15 is 0 Å². The van der Waals surface area contributed by atoms with Gasteiger partial charge in [0.1, 0.15) is 5.69 Å². The van der Waals surface area contributed by atoms with Crippen molar-refractivity contribution in [2.75, 3.05) is 11.9 Å². The van der Waals surface area contributed by atoms with Gasteiger partial charge in [-0.3, -0.25) is 4.79 Å². The number of esters is 1. The van der Waals surface area contributed by atoms with Crippen molar-refractivity contribution in [2.45, 2.75) is 13.8 Å². The SMILES string of the molecule is CCOC(=O)c1cc(C)c(/C=C2\C(=O)Nc3ccccc32)[nH]1. The summed E-state index contributed by atoms with van der Waals surface area (Å²) in [6.07, 6.45) is 1.76. The highest BCUT2D eigenvalue weighted by Gasteiger charge is 2.24. The number of H-pyrrole nitrogens is 1. The zero-order chi connectivity index (χ0) is 15.7. The first kappa shape index (κ1) is 14.1. The van der Waals surface area contributed by atoms with Gasteiger partial charge in [-0.15, -0.1) is 0 Å². The Labute approximate surface area is 128 Å². The number of rotatable bonds is 3. The van der Waals surface area contributed by atoms with Crippen LogP contribution in [0.3, 0.4) is 0 Å². The van der Waals surface area contributed by atoms with Gasteiger partial charge in [0, 0.05) is 16.9 Å². The van der Waals surface area contributed by atoms with E-state index in [9.17, 15) is 9.59 Å². The van der Waals surface area contributed by atoms with Crippen molar-refractivity contribution in [2.24, 2.45) is 0 Å². The molecule has 1 amide bonds. The Morgan fingerprint density at radius 1 is 1.32 bits per heavy atom. The molecule has 0 unspecified atom stereocenters. The van der Waals surface area contributed by atoms with Crippen LogP contribution in [0.2, 0.25) is 0 Å². The van der Waals surface area contributed by atoms with Crippen LogP contribution in [-0.4, -0.2) is 23.5 Å². The number of fused-ring (bicyclic) bond motifs is 1.